The fraction of sp³-hybridized carbons (Fsp3) is 0.462. The van der Waals surface area contributed by atoms with E-state index in [1.165, 1.54) is 5.56 Å². The molecular weight excluding hydrogens is 186 g/mol. The molecule has 1 aliphatic rings. The average molecular weight is 203 g/mol. The largest absolute Gasteiger partial charge is 0.315 e. The van der Waals surface area contributed by atoms with Crippen LogP contribution in [0.4, 0.5) is 0 Å². The predicted molar refractivity (Wildman–Crippen MR) is 60.5 cm³/mol. The molecule has 0 aliphatic heterocycles. The van der Waals surface area contributed by atoms with Gasteiger partial charge in [-0.05, 0) is 25.3 Å². The summed E-state index contributed by atoms with van der Waals surface area (Å²) in [4.78, 5) is 11.9. The SMILES string of the molecule is Cc1ccc(C2(N)CCCCC2=O)cc1. The Bertz CT molecular complexity index is 369. The second-order valence-electron chi connectivity index (χ2n) is 4.47. The molecule has 0 radical (unpaired) electrons. The lowest BCUT2D eigenvalue weighted by molar-refractivity contribution is -0.126. The van der Waals surface area contributed by atoms with Crippen molar-refractivity contribution in [3.63, 3.8) is 0 Å². The van der Waals surface area contributed by atoms with Gasteiger partial charge in [-0.1, -0.05) is 36.2 Å². The molecule has 1 atom stereocenters. The Morgan fingerprint density at radius 3 is 2.47 bits per heavy atom. The monoisotopic (exact) mass is 203 g/mol. The van der Waals surface area contributed by atoms with Crippen molar-refractivity contribution < 1.29 is 4.79 Å². The molecule has 2 rings (SSSR count). The van der Waals surface area contributed by atoms with Crippen molar-refractivity contribution in [1.82, 2.24) is 0 Å². The van der Waals surface area contributed by atoms with Crippen LogP contribution in [-0.2, 0) is 10.3 Å². The molecule has 15 heavy (non-hydrogen) atoms. The van der Waals surface area contributed by atoms with Crippen LogP contribution in [0.2, 0.25) is 0 Å². The van der Waals surface area contributed by atoms with Gasteiger partial charge in [-0.15, -0.1) is 0 Å². The molecule has 1 aromatic carbocycles. The van der Waals surface area contributed by atoms with Crippen molar-refractivity contribution in [2.75, 3.05) is 0 Å². The minimum Gasteiger partial charge on any atom is -0.315 e. The molecular formula is C13H17NO. The Hall–Kier alpha value is -1.15. The van der Waals surface area contributed by atoms with Gasteiger partial charge in [0.05, 0.1) is 0 Å². The number of ketones is 1. The van der Waals surface area contributed by atoms with Crippen molar-refractivity contribution in [2.45, 2.75) is 38.1 Å². The van der Waals surface area contributed by atoms with Crippen LogP contribution in [0.25, 0.3) is 0 Å². The van der Waals surface area contributed by atoms with Gasteiger partial charge in [0.1, 0.15) is 5.54 Å². The maximum absolute atomic E-state index is 11.9. The number of hydrogen-bond acceptors (Lipinski definition) is 2. The van der Waals surface area contributed by atoms with Crippen LogP contribution in [0, 0.1) is 6.92 Å². The highest BCUT2D eigenvalue weighted by molar-refractivity contribution is 5.90. The minimum absolute atomic E-state index is 0.192. The molecule has 2 N–H and O–H groups in total. The Kier molecular flexibility index (Phi) is 2.61. The van der Waals surface area contributed by atoms with Gasteiger partial charge >= 0.3 is 0 Å². The van der Waals surface area contributed by atoms with Crippen LogP contribution in [0.3, 0.4) is 0 Å². The number of benzene rings is 1. The molecule has 0 aromatic heterocycles. The third-order valence-electron chi connectivity index (χ3n) is 3.29. The van der Waals surface area contributed by atoms with Crippen molar-refractivity contribution in [1.29, 1.82) is 0 Å². The molecule has 0 bridgehead atoms. The van der Waals surface area contributed by atoms with Gasteiger partial charge in [-0.25, -0.2) is 0 Å². The van der Waals surface area contributed by atoms with Crippen LogP contribution >= 0.6 is 0 Å². The summed E-state index contributed by atoms with van der Waals surface area (Å²) in [5.74, 6) is 0.192. The molecule has 1 aliphatic carbocycles. The van der Waals surface area contributed by atoms with E-state index in [9.17, 15) is 4.79 Å². The lowest BCUT2D eigenvalue weighted by Gasteiger charge is -2.32. The first-order valence-corrected chi connectivity index (χ1v) is 5.52. The van der Waals surface area contributed by atoms with E-state index < -0.39 is 5.54 Å². The van der Waals surface area contributed by atoms with Gasteiger partial charge < -0.3 is 5.73 Å². The average Bonchev–Trinajstić information content (AvgIpc) is 2.23. The van der Waals surface area contributed by atoms with E-state index in [1.54, 1.807) is 0 Å². The Morgan fingerprint density at radius 2 is 1.87 bits per heavy atom. The summed E-state index contributed by atoms with van der Waals surface area (Å²) in [5, 5.41) is 0. The van der Waals surface area contributed by atoms with Gasteiger partial charge in [-0.2, -0.15) is 0 Å². The second-order valence-corrected chi connectivity index (χ2v) is 4.47. The lowest BCUT2D eigenvalue weighted by atomic mass is 9.76. The van der Waals surface area contributed by atoms with E-state index in [2.05, 4.69) is 0 Å². The molecule has 0 amide bonds. The van der Waals surface area contributed by atoms with Gasteiger partial charge in [0.25, 0.3) is 0 Å². The molecule has 0 spiro atoms. The summed E-state index contributed by atoms with van der Waals surface area (Å²) < 4.78 is 0. The van der Waals surface area contributed by atoms with Crippen LogP contribution in [-0.4, -0.2) is 5.78 Å². The molecule has 1 fully saturated rings. The van der Waals surface area contributed by atoms with Gasteiger partial charge in [0.15, 0.2) is 5.78 Å². The zero-order chi connectivity index (χ0) is 10.9. The van der Waals surface area contributed by atoms with E-state index >= 15 is 0 Å². The maximum atomic E-state index is 11.9. The van der Waals surface area contributed by atoms with Crippen LogP contribution in [0.1, 0.15) is 36.8 Å². The molecule has 1 aromatic rings. The molecule has 2 heteroatoms. The van der Waals surface area contributed by atoms with E-state index in [0.29, 0.717) is 6.42 Å². The predicted octanol–water partition coefficient (Wildman–Crippen LogP) is 2.29. The van der Waals surface area contributed by atoms with Gasteiger partial charge in [-0.3, -0.25) is 4.79 Å². The summed E-state index contributed by atoms with van der Waals surface area (Å²) in [6, 6.07) is 8.01. The second kappa shape index (κ2) is 3.78. The molecule has 1 unspecified atom stereocenters. The van der Waals surface area contributed by atoms with Crippen molar-refractivity contribution in [3.05, 3.63) is 35.4 Å². The summed E-state index contributed by atoms with van der Waals surface area (Å²) in [6.45, 7) is 2.04. The molecule has 1 saturated carbocycles. The highest BCUT2D eigenvalue weighted by atomic mass is 16.1. The number of aryl methyl sites for hydroxylation is 1. The quantitative estimate of drug-likeness (QED) is 0.761. The highest BCUT2D eigenvalue weighted by Gasteiger charge is 2.37. The number of nitrogens with two attached hydrogens (primary N) is 1. The third kappa shape index (κ3) is 1.82. The number of rotatable bonds is 1. The van der Waals surface area contributed by atoms with Crippen LogP contribution < -0.4 is 5.73 Å². The smallest absolute Gasteiger partial charge is 0.157 e. The maximum Gasteiger partial charge on any atom is 0.157 e. The molecule has 2 nitrogen and oxygen atoms in total. The van der Waals surface area contributed by atoms with Crippen molar-refractivity contribution >= 4 is 5.78 Å². The zero-order valence-corrected chi connectivity index (χ0v) is 9.12. The van der Waals surface area contributed by atoms with E-state index in [0.717, 1.165) is 24.8 Å². The topological polar surface area (TPSA) is 43.1 Å². The standard InChI is InChI=1S/C13H17NO/c1-10-5-7-11(8-6-10)13(14)9-3-2-4-12(13)15/h5-8H,2-4,9,14H2,1H3. The van der Waals surface area contributed by atoms with E-state index in [4.69, 9.17) is 5.73 Å². The van der Waals surface area contributed by atoms with Crippen molar-refractivity contribution in [2.24, 2.45) is 5.73 Å². The van der Waals surface area contributed by atoms with E-state index in [-0.39, 0.29) is 5.78 Å². The summed E-state index contributed by atoms with van der Waals surface area (Å²) in [5.41, 5.74) is 7.68. The highest BCUT2D eigenvalue weighted by Crippen LogP contribution is 2.31. The molecule has 0 heterocycles. The number of carbonyl (C=O) groups excluding carboxylic acids is 1. The fourth-order valence-electron chi connectivity index (χ4n) is 2.21. The third-order valence-corrected chi connectivity index (χ3v) is 3.29. The Morgan fingerprint density at radius 1 is 1.20 bits per heavy atom. The van der Waals surface area contributed by atoms with Crippen LogP contribution in [0.5, 0.6) is 0 Å². The first kappa shape index (κ1) is 10.4. The number of Topliss-reactive ketones (excluding diaryl/α,β-unsaturated/α-hetero) is 1. The summed E-state index contributed by atoms with van der Waals surface area (Å²) >= 11 is 0. The van der Waals surface area contributed by atoms with Gasteiger partial charge in [0.2, 0.25) is 0 Å². The molecule has 0 saturated heterocycles. The zero-order valence-electron chi connectivity index (χ0n) is 9.12. The van der Waals surface area contributed by atoms with E-state index in [1.807, 2.05) is 31.2 Å². The summed E-state index contributed by atoms with van der Waals surface area (Å²) in [6.07, 6.45) is 3.46. The Labute approximate surface area is 90.5 Å². The first-order valence-electron chi connectivity index (χ1n) is 5.52. The minimum atomic E-state index is -0.716. The normalized spacial score (nSPS) is 26.7. The summed E-state index contributed by atoms with van der Waals surface area (Å²) in [7, 11) is 0. The van der Waals surface area contributed by atoms with Gasteiger partial charge in [0, 0.05) is 6.42 Å². The first-order chi connectivity index (χ1) is 7.13. The lowest BCUT2D eigenvalue weighted by Crippen LogP contribution is -2.46. The van der Waals surface area contributed by atoms with Crippen LogP contribution in [0.15, 0.2) is 24.3 Å². The fourth-order valence-corrected chi connectivity index (χ4v) is 2.21. The molecule has 80 valence electrons. The van der Waals surface area contributed by atoms with Crippen molar-refractivity contribution in [3.8, 4) is 0 Å². The Balaban J connectivity index is 2.35. The number of carbonyl (C=O) groups is 1. The number of hydrogen-bond donors (Lipinski definition) is 1.